The number of aryl methyl sites for hydroxylation is 1. The first-order chi connectivity index (χ1) is 10.1. The zero-order valence-corrected chi connectivity index (χ0v) is 13.6. The van der Waals surface area contributed by atoms with Crippen LogP contribution in [0.15, 0.2) is 23.7 Å². The highest BCUT2D eigenvalue weighted by molar-refractivity contribution is 7.09. The van der Waals surface area contributed by atoms with E-state index in [1.807, 2.05) is 25.5 Å². The molecule has 0 unspecified atom stereocenters. The Balaban J connectivity index is 2.17. The fourth-order valence-corrected chi connectivity index (χ4v) is 3.08. The van der Waals surface area contributed by atoms with Crippen molar-refractivity contribution in [2.24, 2.45) is 0 Å². The van der Waals surface area contributed by atoms with Crippen molar-refractivity contribution in [3.8, 4) is 0 Å². The Morgan fingerprint density at radius 3 is 2.86 bits per heavy atom. The molecule has 0 atom stereocenters. The summed E-state index contributed by atoms with van der Waals surface area (Å²) in [4.78, 5) is 7.58. The van der Waals surface area contributed by atoms with Crippen LogP contribution in [0.25, 0.3) is 0 Å². The van der Waals surface area contributed by atoms with Crippen LogP contribution >= 0.6 is 11.3 Å². The minimum absolute atomic E-state index is 0.149. The van der Waals surface area contributed by atoms with Gasteiger partial charge in [0.05, 0.1) is 17.7 Å². The van der Waals surface area contributed by atoms with E-state index in [1.165, 1.54) is 10.9 Å². The van der Waals surface area contributed by atoms with E-state index >= 15 is 0 Å². The smallest absolute Gasteiger partial charge is 0.129 e. The molecule has 5 heteroatoms. The molecule has 1 N–H and O–H groups in total. The third kappa shape index (κ3) is 4.02. The normalized spacial score (nSPS) is 10.9. The van der Waals surface area contributed by atoms with E-state index in [0.29, 0.717) is 6.54 Å². The SMILES string of the molecule is CCCNCc1c(F)cccc1N(C)Cc1scnc1C. The Kier molecular flexibility index (Phi) is 5.70. The summed E-state index contributed by atoms with van der Waals surface area (Å²) in [6.45, 7) is 6.32. The molecule has 1 heterocycles. The van der Waals surface area contributed by atoms with Gasteiger partial charge in [-0.2, -0.15) is 0 Å². The number of hydrogen-bond acceptors (Lipinski definition) is 4. The fourth-order valence-electron chi connectivity index (χ4n) is 2.25. The molecule has 0 amide bonds. The number of hydrogen-bond donors (Lipinski definition) is 1. The third-order valence-electron chi connectivity index (χ3n) is 3.46. The molecular formula is C16H22FN3S. The number of halogens is 1. The van der Waals surface area contributed by atoms with E-state index in [0.717, 1.165) is 36.5 Å². The zero-order chi connectivity index (χ0) is 15.2. The Morgan fingerprint density at radius 2 is 2.19 bits per heavy atom. The summed E-state index contributed by atoms with van der Waals surface area (Å²) in [5.74, 6) is -0.149. The van der Waals surface area contributed by atoms with Gasteiger partial charge in [0, 0.05) is 29.7 Å². The van der Waals surface area contributed by atoms with Crippen molar-refractivity contribution < 1.29 is 4.39 Å². The van der Waals surface area contributed by atoms with Crippen LogP contribution in [0.1, 0.15) is 29.5 Å². The molecule has 0 aliphatic rings. The lowest BCUT2D eigenvalue weighted by Crippen LogP contribution is -2.22. The molecule has 114 valence electrons. The van der Waals surface area contributed by atoms with E-state index in [1.54, 1.807) is 17.4 Å². The lowest BCUT2D eigenvalue weighted by Gasteiger charge is -2.22. The molecule has 1 aromatic heterocycles. The molecule has 1 aromatic carbocycles. The molecule has 21 heavy (non-hydrogen) atoms. The van der Waals surface area contributed by atoms with E-state index in [4.69, 9.17) is 0 Å². The number of rotatable bonds is 7. The first kappa shape index (κ1) is 15.9. The van der Waals surface area contributed by atoms with Crippen molar-refractivity contribution >= 4 is 17.0 Å². The Bertz CT molecular complexity index is 583. The Labute approximate surface area is 129 Å². The molecular weight excluding hydrogens is 285 g/mol. The minimum Gasteiger partial charge on any atom is -0.369 e. The molecule has 0 aliphatic carbocycles. The van der Waals surface area contributed by atoms with E-state index in [2.05, 4.69) is 22.1 Å². The highest BCUT2D eigenvalue weighted by Gasteiger charge is 2.13. The van der Waals surface area contributed by atoms with Crippen molar-refractivity contribution in [2.45, 2.75) is 33.4 Å². The standard InChI is InChI=1S/C16H22FN3S/c1-4-8-18-9-13-14(17)6-5-7-15(13)20(3)10-16-12(2)19-11-21-16/h5-7,11,18H,4,8-10H2,1-3H3. The van der Waals surface area contributed by atoms with Gasteiger partial charge in [-0.05, 0) is 32.0 Å². The summed E-state index contributed by atoms with van der Waals surface area (Å²) >= 11 is 1.64. The van der Waals surface area contributed by atoms with Crippen molar-refractivity contribution in [1.29, 1.82) is 0 Å². The van der Waals surface area contributed by atoms with Crippen LogP contribution in [0.2, 0.25) is 0 Å². The highest BCUT2D eigenvalue weighted by Crippen LogP contribution is 2.25. The quantitative estimate of drug-likeness (QED) is 0.790. The number of nitrogens with zero attached hydrogens (tertiary/aromatic N) is 2. The Morgan fingerprint density at radius 1 is 1.38 bits per heavy atom. The molecule has 0 fully saturated rings. The maximum absolute atomic E-state index is 14.1. The number of thiazole rings is 1. The molecule has 0 aliphatic heterocycles. The van der Waals surface area contributed by atoms with E-state index < -0.39 is 0 Å². The Hall–Kier alpha value is -1.46. The third-order valence-corrected chi connectivity index (χ3v) is 4.38. The zero-order valence-electron chi connectivity index (χ0n) is 12.8. The monoisotopic (exact) mass is 307 g/mol. The van der Waals surface area contributed by atoms with Gasteiger partial charge in [-0.15, -0.1) is 11.3 Å². The summed E-state index contributed by atoms with van der Waals surface area (Å²) in [5.41, 5.74) is 4.57. The van der Waals surface area contributed by atoms with Crippen LogP contribution < -0.4 is 10.2 Å². The summed E-state index contributed by atoms with van der Waals surface area (Å²) < 4.78 is 14.1. The molecule has 0 spiro atoms. The number of benzene rings is 1. The average molecular weight is 307 g/mol. The van der Waals surface area contributed by atoms with Gasteiger partial charge in [0.25, 0.3) is 0 Å². The first-order valence-electron chi connectivity index (χ1n) is 7.21. The van der Waals surface area contributed by atoms with Gasteiger partial charge in [0.15, 0.2) is 0 Å². The topological polar surface area (TPSA) is 28.2 Å². The largest absolute Gasteiger partial charge is 0.369 e. The maximum atomic E-state index is 14.1. The molecule has 0 saturated carbocycles. The van der Waals surface area contributed by atoms with Gasteiger partial charge in [0.1, 0.15) is 5.82 Å². The van der Waals surface area contributed by atoms with Crippen LogP contribution in [-0.2, 0) is 13.1 Å². The molecule has 2 aromatic rings. The van der Waals surface area contributed by atoms with Crippen LogP contribution in [-0.4, -0.2) is 18.6 Å². The number of aromatic nitrogens is 1. The molecule has 3 nitrogen and oxygen atoms in total. The van der Waals surface area contributed by atoms with Gasteiger partial charge in [-0.25, -0.2) is 9.37 Å². The summed E-state index contributed by atoms with van der Waals surface area (Å²) in [7, 11) is 2.00. The van der Waals surface area contributed by atoms with Crippen molar-refractivity contribution in [3.63, 3.8) is 0 Å². The van der Waals surface area contributed by atoms with Gasteiger partial charge < -0.3 is 10.2 Å². The molecule has 0 saturated heterocycles. The summed E-state index contributed by atoms with van der Waals surface area (Å²) in [6.07, 6.45) is 1.04. The predicted molar refractivity (Wildman–Crippen MR) is 87.4 cm³/mol. The number of anilines is 1. The molecule has 0 bridgehead atoms. The first-order valence-corrected chi connectivity index (χ1v) is 8.09. The van der Waals surface area contributed by atoms with Crippen molar-refractivity contribution in [3.05, 3.63) is 45.7 Å². The second-order valence-corrected chi connectivity index (χ2v) is 6.07. The van der Waals surface area contributed by atoms with Crippen LogP contribution in [0.4, 0.5) is 10.1 Å². The highest BCUT2D eigenvalue weighted by atomic mass is 32.1. The van der Waals surface area contributed by atoms with Crippen LogP contribution in [0, 0.1) is 12.7 Å². The van der Waals surface area contributed by atoms with Gasteiger partial charge in [-0.1, -0.05) is 13.0 Å². The van der Waals surface area contributed by atoms with Crippen molar-refractivity contribution in [2.75, 3.05) is 18.5 Å². The van der Waals surface area contributed by atoms with Gasteiger partial charge >= 0.3 is 0 Å². The fraction of sp³-hybridized carbons (Fsp3) is 0.438. The van der Waals surface area contributed by atoms with Gasteiger partial charge in [-0.3, -0.25) is 0 Å². The summed E-state index contributed by atoms with van der Waals surface area (Å²) in [6, 6.07) is 5.27. The lowest BCUT2D eigenvalue weighted by atomic mass is 10.1. The predicted octanol–water partition coefficient (Wildman–Crippen LogP) is 3.73. The maximum Gasteiger partial charge on any atom is 0.129 e. The van der Waals surface area contributed by atoms with Crippen LogP contribution in [0.5, 0.6) is 0 Å². The summed E-state index contributed by atoms with van der Waals surface area (Å²) in [5, 5.41) is 3.28. The average Bonchev–Trinajstić information content (AvgIpc) is 2.86. The van der Waals surface area contributed by atoms with Crippen LogP contribution in [0.3, 0.4) is 0 Å². The van der Waals surface area contributed by atoms with Gasteiger partial charge in [0.2, 0.25) is 0 Å². The molecule has 2 rings (SSSR count). The second-order valence-electron chi connectivity index (χ2n) is 5.13. The van der Waals surface area contributed by atoms with E-state index in [9.17, 15) is 4.39 Å². The second kappa shape index (κ2) is 7.52. The van der Waals surface area contributed by atoms with E-state index in [-0.39, 0.29) is 5.82 Å². The molecule has 0 radical (unpaired) electrons. The van der Waals surface area contributed by atoms with Crippen molar-refractivity contribution in [1.82, 2.24) is 10.3 Å². The minimum atomic E-state index is -0.149. The lowest BCUT2D eigenvalue weighted by molar-refractivity contribution is 0.585. The number of nitrogens with one attached hydrogen (secondary N) is 1.